The van der Waals surface area contributed by atoms with Crippen LogP contribution in [0.4, 0.5) is 0 Å². The number of carbonyl (C=O) groups is 1. The maximum Gasteiger partial charge on any atom is 0.283 e. The van der Waals surface area contributed by atoms with Gasteiger partial charge in [0, 0.05) is 23.0 Å². The Bertz CT molecular complexity index is 1240. The smallest absolute Gasteiger partial charge is 0.283 e. The number of halogens is 1. The molecular weight excluding hydrogens is 458 g/mol. The Morgan fingerprint density at radius 3 is 2.61 bits per heavy atom. The minimum atomic E-state index is -0.419. The van der Waals surface area contributed by atoms with Gasteiger partial charge < -0.3 is 9.30 Å². The van der Waals surface area contributed by atoms with E-state index in [1.807, 2.05) is 38.1 Å². The molecule has 0 bridgehead atoms. The minimum Gasteiger partial charge on any atom is -0.495 e. The fourth-order valence-corrected chi connectivity index (χ4v) is 5.50. The van der Waals surface area contributed by atoms with Crippen LogP contribution in [-0.2, 0) is 4.79 Å². The number of fused-ring (bicyclic) bond motifs is 1. The summed E-state index contributed by atoms with van der Waals surface area (Å²) >= 11 is 7.72. The number of hydrogen-bond donors (Lipinski definition) is 1. The molecule has 0 radical (unpaired) electrons. The van der Waals surface area contributed by atoms with Gasteiger partial charge in [0.1, 0.15) is 10.8 Å². The van der Waals surface area contributed by atoms with Crippen LogP contribution in [0.5, 0.6) is 5.75 Å². The van der Waals surface area contributed by atoms with Gasteiger partial charge in [0.2, 0.25) is 5.17 Å². The van der Waals surface area contributed by atoms with E-state index in [2.05, 4.69) is 28.5 Å². The van der Waals surface area contributed by atoms with Gasteiger partial charge in [-0.2, -0.15) is 15.1 Å². The van der Waals surface area contributed by atoms with Crippen LogP contribution in [0.3, 0.4) is 0 Å². The summed E-state index contributed by atoms with van der Waals surface area (Å²) in [6.45, 7) is 8.19. The van der Waals surface area contributed by atoms with Gasteiger partial charge in [0.15, 0.2) is 5.84 Å². The summed E-state index contributed by atoms with van der Waals surface area (Å²) in [5.41, 5.74) is 3.85. The summed E-state index contributed by atoms with van der Waals surface area (Å²) in [6, 6.07) is 7.59. The number of rotatable bonds is 6. The highest BCUT2D eigenvalue weighted by Crippen LogP contribution is 2.34. The van der Waals surface area contributed by atoms with Gasteiger partial charge in [0.05, 0.1) is 17.7 Å². The van der Waals surface area contributed by atoms with Crippen LogP contribution in [0.15, 0.2) is 39.9 Å². The fraction of sp³-hybridized carbons (Fsp3) is 0.333. The highest BCUT2D eigenvalue weighted by Gasteiger charge is 2.37. The molecule has 0 fully saturated rings. The molecule has 0 atom stereocenters. The Morgan fingerprint density at radius 1 is 1.24 bits per heavy atom. The van der Waals surface area contributed by atoms with Gasteiger partial charge in [-0.3, -0.25) is 10.2 Å². The molecular formula is C24H26ClN5O2S. The van der Waals surface area contributed by atoms with E-state index in [4.69, 9.17) is 21.7 Å². The van der Waals surface area contributed by atoms with Crippen LogP contribution in [0, 0.1) is 25.2 Å². The van der Waals surface area contributed by atoms with Crippen molar-refractivity contribution in [2.45, 2.75) is 40.5 Å². The van der Waals surface area contributed by atoms with E-state index in [9.17, 15) is 4.79 Å². The summed E-state index contributed by atoms with van der Waals surface area (Å²) in [7, 11) is 1.58. The molecule has 9 heteroatoms. The number of amides is 1. The number of nitrogens with one attached hydrogen (secondary N) is 1. The number of methoxy groups -OCH3 is 1. The standard InChI is InChI=1S/C24H26ClN5O2S/c1-6-15(7-2)23-28-30-21(26)18(22(31)27-24(30)33-23)11-16-10-13(3)29(14(16)4)17-8-9-20(32-5)19(25)12-17/h8-12,15,26H,6-7H2,1-5H3. The quantitative estimate of drug-likeness (QED) is 0.525. The zero-order chi connectivity index (χ0) is 23.9. The molecule has 1 aromatic carbocycles. The second-order valence-corrected chi connectivity index (χ2v) is 9.35. The second kappa shape index (κ2) is 9.19. The van der Waals surface area contributed by atoms with Crippen molar-refractivity contribution in [2.75, 3.05) is 7.11 Å². The largest absolute Gasteiger partial charge is 0.495 e. The van der Waals surface area contributed by atoms with Crippen molar-refractivity contribution in [2.24, 2.45) is 16.0 Å². The lowest BCUT2D eigenvalue weighted by Crippen LogP contribution is -2.35. The molecule has 0 aliphatic carbocycles. The van der Waals surface area contributed by atoms with E-state index in [0.29, 0.717) is 21.9 Å². The molecule has 1 aromatic heterocycles. The molecule has 7 nitrogen and oxygen atoms in total. The predicted octanol–water partition coefficient (Wildman–Crippen LogP) is 5.81. The number of aliphatic imine (C=N–C) groups is 1. The molecule has 2 aliphatic rings. The van der Waals surface area contributed by atoms with E-state index in [-0.39, 0.29) is 11.4 Å². The first-order chi connectivity index (χ1) is 15.8. The van der Waals surface area contributed by atoms with Gasteiger partial charge in [-0.05, 0) is 74.4 Å². The van der Waals surface area contributed by atoms with Gasteiger partial charge in [-0.1, -0.05) is 25.4 Å². The van der Waals surface area contributed by atoms with Crippen molar-refractivity contribution in [3.8, 4) is 11.4 Å². The Balaban J connectivity index is 1.71. The highest BCUT2D eigenvalue weighted by atomic mass is 35.5. The van der Waals surface area contributed by atoms with E-state index in [1.165, 1.54) is 16.8 Å². The summed E-state index contributed by atoms with van der Waals surface area (Å²) < 4.78 is 7.31. The van der Waals surface area contributed by atoms with Crippen LogP contribution in [0.25, 0.3) is 11.8 Å². The molecule has 33 heavy (non-hydrogen) atoms. The Kier molecular flexibility index (Phi) is 6.50. The first-order valence-corrected chi connectivity index (χ1v) is 12.0. The van der Waals surface area contributed by atoms with Gasteiger partial charge in [-0.25, -0.2) is 0 Å². The van der Waals surface area contributed by atoms with E-state index >= 15 is 0 Å². The van der Waals surface area contributed by atoms with E-state index in [1.54, 1.807) is 13.2 Å². The van der Waals surface area contributed by atoms with Crippen LogP contribution in [0.2, 0.25) is 5.02 Å². The topological polar surface area (TPSA) is 83.0 Å². The lowest BCUT2D eigenvalue weighted by molar-refractivity contribution is -0.114. The molecule has 1 N–H and O–H groups in total. The molecule has 2 aromatic rings. The summed E-state index contributed by atoms with van der Waals surface area (Å²) in [5.74, 6) is 0.540. The van der Waals surface area contributed by atoms with Crippen LogP contribution in [0.1, 0.15) is 43.6 Å². The van der Waals surface area contributed by atoms with Gasteiger partial charge in [0.25, 0.3) is 5.91 Å². The van der Waals surface area contributed by atoms with E-state index in [0.717, 1.165) is 40.5 Å². The molecule has 0 unspecified atom stereocenters. The van der Waals surface area contributed by atoms with Crippen molar-refractivity contribution in [3.05, 3.63) is 51.8 Å². The maximum absolute atomic E-state index is 12.8. The van der Waals surface area contributed by atoms with Gasteiger partial charge >= 0.3 is 0 Å². The molecule has 0 saturated carbocycles. The predicted molar refractivity (Wildman–Crippen MR) is 136 cm³/mol. The van der Waals surface area contributed by atoms with Crippen molar-refractivity contribution in [3.63, 3.8) is 0 Å². The average molecular weight is 484 g/mol. The highest BCUT2D eigenvalue weighted by molar-refractivity contribution is 8.27. The SMILES string of the molecule is CCC(CC)C1=NN2C(=N)C(=Cc3cc(C)n(-c4ccc(OC)c(Cl)c4)c3C)C(=O)N=C2S1. The first kappa shape index (κ1) is 23.3. The third-order valence-electron chi connectivity index (χ3n) is 5.97. The van der Waals surface area contributed by atoms with E-state index < -0.39 is 5.91 Å². The van der Waals surface area contributed by atoms with Gasteiger partial charge in [-0.15, -0.1) is 0 Å². The molecule has 0 spiro atoms. The first-order valence-electron chi connectivity index (χ1n) is 10.8. The number of nitrogens with zero attached hydrogens (tertiary/aromatic N) is 4. The van der Waals surface area contributed by atoms with Crippen LogP contribution >= 0.6 is 23.4 Å². The summed E-state index contributed by atoms with van der Waals surface area (Å²) in [4.78, 5) is 17.1. The number of carbonyl (C=O) groups excluding carboxylic acids is 1. The van der Waals surface area contributed by atoms with Crippen LogP contribution < -0.4 is 4.74 Å². The Morgan fingerprint density at radius 2 is 1.97 bits per heavy atom. The molecule has 4 rings (SSSR count). The van der Waals surface area contributed by atoms with Crippen LogP contribution in [-0.4, -0.2) is 38.6 Å². The lowest BCUT2D eigenvalue weighted by atomic mass is 10.1. The monoisotopic (exact) mass is 483 g/mol. The normalized spacial score (nSPS) is 17.1. The van der Waals surface area contributed by atoms with Crippen molar-refractivity contribution in [1.82, 2.24) is 9.58 Å². The number of hydrazone groups is 1. The molecule has 172 valence electrons. The Labute approximate surface area is 202 Å². The molecule has 3 heterocycles. The summed E-state index contributed by atoms with van der Waals surface area (Å²) in [5, 5.41) is 16.6. The van der Waals surface area contributed by atoms with Crippen molar-refractivity contribution >= 4 is 51.4 Å². The zero-order valence-corrected chi connectivity index (χ0v) is 20.8. The third kappa shape index (κ3) is 4.13. The Hall–Kier alpha value is -2.84. The number of thioether (sulfide) groups is 1. The number of hydrogen-bond acceptors (Lipinski definition) is 5. The lowest BCUT2D eigenvalue weighted by Gasteiger charge is -2.20. The number of amidine groups is 2. The number of benzene rings is 1. The fourth-order valence-electron chi connectivity index (χ4n) is 4.09. The third-order valence-corrected chi connectivity index (χ3v) is 7.33. The number of aryl methyl sites for hydroxylation is 1. The number of ether oxygens (including phenoxy) is 1. The second-order valence-electron chi connectivity index (χ2n) is 7.95. The zero-order valence-electron chi connectivity index (χ0n) is 19.3. The van der Waals surface area contributed by atoms with Crippen molar-refractivity contribution < 1.29 is 9.53 Å². The summed E-state index contributed by atoms with van der Waals surface area (Å²) in [6.07, 6.45) is 3.63. The molecule has 2 aliphatic heterocycles. The van der Waals surface area contributed by atoms with Crippen molar-refractivity contribution in [1.29, 1.82) is 5.41 Å². The molecule has 0 saturated heterocycles. The average Bonchev–Trinajstić information content (AvgIpc) is 3.32. The number of aromatic nitrogens is 1. The molecule has 1 amide bonds. The minimum absolute atomic E-state index is 0.0516. The maximum atomic E-state index is 12.8.